The molecule has 0 saturated carbocycles. The number of nitrogens with zero attached hydrogens (tertiary/aromatic N) is 2. The summed E-state index contributed by atoms with van der Waals surface area (Å²) >= 11 is 0. The molecule has 27 heavy (non-hydrogen) atoms. The number of hydrogen-bond acceptors (Lipinski definition) is 4. The number of carbonyl (C=O) groups excluding carboxylic acids is 1. The Bertz CT molecular complexity index is 869. The lowest BCUT2D eigenvalue weighted by atomic mass is 10.1. The minimum Gasteiger partial charge on any atom is -0.467 e. The standard InChI is InChI=1S/C20H26N2O4S/c1-16(19-11-8-14-26-19)21(2)20(23)17-9-7-10-18(15-17)27(24,25)22-12-5-3-4-6-13-22/h7-11,14-16H,3-6,12-13H2,1-2H3. The lowest BCUT2D eigenvalue weighted by molar-refractivity contribution is 0.0726. The highest BCUT2D eigenvalue weighted by atomic mass is 32.2. The highest BCUT2D eigenvalue weighted by Gasteiger charge is 2.27. The van der Waals surface area contributed by atoms with Crippen molar-refractivity contribution in [1.29, 1.82) is 0 Å². The van der Waals surface area contributed by atoms with Crippen molar-refractivity contribution in [2.75, 3.05) is 20.1 Å². The van der Waals surface area contributed by atoms with Crippen molar-refractivity contribution >= 4 is 15.9 Å². The molecular formula is C20H26N2O4S. The molecule has 0 bridgehead atoms. The lowest BCUT2D eigenvalue weighted by Crippen LogP contribution is -2.32. The molecule has 1 aliphatic heterocycles. The smallest absolute Gasteiger partial charge is 0.254 e. The van der Waals surface area contributed by atoms with Gasteiger partial charge >= 0.3 is 0 Å². The molecule has 0 N–H and O–H groups in total. The molecule has 6 nitrogen and oxygen atoms in total. The van der Waals surface area contributed by atoms with Gasteiger partial charge in [0.25, 0.3) is 5.91 Å². The molecule has 7 heteroatoms. The minimum atomic E-state index is -3.59. The molecule has 1 atom stereocenters. The molecule has 1 aliphatic rings. The van der Waals surface area contributed by atoms with Gasteiger partial charge in [0.1, 0.15) is 5.76 Å². The van der Waals surface area contributed by atoms with Crippen LogP contribution in [0.25, 0.3) is 0 Å². The van der Waals surface area contributed by atoms with Crippen LogP contribution in [0.3, 0.4) is 0 Å². The van der Waals surface area contributed by atoms with Gasteiger partial charge in [-0.15, -0.1) is 0 Å². The molecule has 146 valence electrons. The number of amides is 1. The molecule has 0 aliphatic carbocycles. The molecule has 3 rings (SSSR count). The fraction of sp³-hybridized carbons (Fsp3) is 0.450. The lowest BCUT2D eigenvalue weighted by Gasteiger charge is -2.24. The van der Waals surface area contributed by atoms with Crippen molar-refractivity contribution in [2.45, 2.75) is 43.5 Å². The Hall–Kier alpha value is -2.12. The van der Waals surface area contributed by atoms with Crippen LogP contribution >= 0.6 is 0 Å². The zero-order valence-electron chi connectivity index (χ0n) is 15.8. The van der Waals surface area contributed by atoms with Crippen LogP contribution in [-0.2, 0) is 10.0 Å². The summed E-state index contributed by atoms with van der Waals surface area (Å²) in [6.07, 6.45) is 5.43. The third kappa shape index (κ3) is 4.25. The molecule has 1 unspecified atom stereocenters. The summed E-state index contributed by atoms with van der Waals surface area (Å²) in [5, 5.41) is 0. The second kappa shape index (κ2) is 8.27. The van der Waals surface area contributed by atoms with Gasteiger partial charge in [-0.3, -0.25) is 4.79 Å². The molecule has 1 saturated heterocycles. The quantitative estimate of drug-likeness (QED) is 0.781. The zero-order valence-corrected chi connectivity index (χ0v) is 16.6. The third-order valence-electron chi connectivity index (χ3n) is 5.14. The van der Waals surface area contributed by atoms with Crippen LogP contribution in [0, 0.1) is 0 Å². The Morgan fingerprint density at radius 1 is 1.11 bits per heavy atom. The normalized spacial score (nSPS) is 17.3. The first-order valence-corrected chi connectivity index (χ1v) is 10.8. The molecule has 0 spiro atoms. The highest BCUT2D eigenvalue weighted by Crippen LogP contribution is 2.24. The summed E-state index contributed by atoms with van der Waals surface area (Å²) in [5.74, 6) is 0.436. The Balaban J connectivity index is 1.83. The van der Waals surface area contributed by atoms with E-state index in [1.54, 1.807) is 46.8 Å². The fourth-order valence-electron chi connectivity index (χ4n) is 3.32. The Kier molecular flexibility index (Phi) is 6.01. The van der Waals surface area contributed by atoms with E-state index in [0.29, 0.717) is 24.4 Å². The number of sulfonamides is 1. The van der Waals surface area contributed by atoms with Gasteiger partial charge in [0, 0.05) is 25.7 Å². The average Bonchev–Trinajstić information content (AvgIpc) is 3.07. The monoisotopic (exact) mass is 390 g/mol. The van der Waals surface area contributed by atoms with Crippen molar-refractivity contribution in [3.05, 3.63) is 54.0 Å². The molecule has 1 aromatic carbocycles. The van der Waals surface area contributed by atoms with Crippen LogP contribution in [-0.4, -0.2) is 43.7 Å². The molecule has 1 aromatic heterocycles. The van der Waals surface area contributed by atoms with E-state index in [9.17, 15) is 13.2 Å². The molecule has 2 aromatic rings. The minimum absolute atomic E-state index is 0.175. The summed E-state index contributed by atoms with van der Waals surface area (Å²) in [5.41, 5.74) is 0.354. The van der Waals surface area contributed by atoms with Crippen LogP contribution in [0.4, 0.5) is 0 Å². The van der Waals surface area contributed by atoms with Gasteiger partial charge in [-0.05, 0) is 50.1 Å². The van der Waals surface area contributed by atoms with Crippen molar-refractivity contribution < 1.29 is 17.6 Å². The first kappa shape index (κ1) is 19.6. The summed E-state index contributed by atoms with van der Waals surface area (Å²) in [6.45, 7) is 2.94. The van der Waals surface area contributed by atoms with Crippen LogP contribution in [0.15, 0.2) is 52.0 Å². The van der Waals surface area contributed by atoms with Crippen molar-refractivity contribution in [2.24, 2.45) is 0 Å². The van der Waals surface area contributed by atoms with Gasteiger partial charge in [0.15, 0.2) is 0 Å². The second-order valence-corrected chi connectivity index (χ2v) is 8.89. The number of carbonyl (C=O) groups is 1. The molecular weight excluding hydrogens is 364 g/mol. The van der Waals surface area contributed by atoms with Crippen LogP contribution in [0.5, 0.6) is 0 Å². The number of benzene rings is 1. The van der Waals surface area contributed by atoms with Crippen molar-refractivity contribution in [1.82, 2.24) is 9.21 Å². The van der Waals surface area contributed by atoms with Gasteiger partial charge in [-0.25, -0.2) is 8.42 Å². The van der Waals surface area contributed by atoms with E-state index in [1.165, 1.54) is 6.07 Å². The van der Waals surface area contributed by atoms with Gasteiger partial charge in [0.2, 0.25) is 10.0 Å². The summed E-state index contributed by atoms with van der Waals surface area (Å²) in [6, 6.07) is 9.66. The fourth-order valence-corrected chi connectivity index (χ4v) is 4.88. The second-order valence-electron chi connectivity index (χ2n) is 6.95. The van der Waals surface area contributed by atoms with Crippen molar-refractivity contribution in [3.63, 3.8) is 0 Å². The van der Waals surface area contributed by atoms with E-state index in [4.69, 9.17) is 4.42 Å². The Labute approximate surface area is 160 Å². The SMILES string of the molecule is CC(c1ccco1)N(C)C(=O)c1cccc(S(=O)(=O)N2CCCCCC2)c1. The topological polar surface area (TPSA) is 70.8 Å². The van der Waals surface area contributed by atoms with Gasteiger partial charge < -0.3 is 9.32 Å². The van der Waals surface area contributed by atoms with E-state index in [-0.39, 0.29) is 16.8 Å². The third-order valence-corrected chi connectivity index (χ3v) is 7.03. The number of rotatable bonds is 5. The van der Waals surface area contributed by atoms with Gasteiger partial charge in [0.05, 0.1) is 17.2 Å². The van der Waals surface area contributed by atoms with Crippen LogP contribution in [0.2, 0.25) is 0 Å². The van der Waals surface area contributed by atoms with E-state index in [1.807, 2.05) is 13.0 Å². The number of hydrogen-bond donors (Lipinski definition) is 0. The molecule has 2 heterocycles. The van der Waals surface area contributed by atoms with E-state index in [0.717, 1.165) is 25.7 Å². The largest absolute Gasteiger partial charge is 0.467 e. The summed E-state index contributed by atoms with van der Waals surface area (Å²) in [4.78, 5) is 14.6. The van der Waals surface area contributed by atoms with E-state index in [2.05, 4.69) is 0 Å². The van der Waals surface area contributed by atoms with Crippen molar-refractivity contribution in [3.8, 4) is 0 Å². The van der Waals surface area contributed by atoms with E-state index < -0.39 is 10.0 Å². The highest BCUT2D eigenvalue weighted by molar-refractivity contribution is 7.89. The maximum absolute atomic E-state index is 13.0. The number of furan rings is 1. The average molecular weight is 391 g/mol. The maximum Gasteiger partial charge on any atom is 0.254 e. The van der Waals surface area contributed by atoms with Gasteiger partial charge in [-0.2, -0.15) is 4.31 Å². The van der Waals surface area contributed by atoms with Gasteiger partial charge in [-0.1, -0.05) is 18.9 Å². The Morgan fingerprint density at radius 2 is 1.81 bits per heavy atom. The predicted molar refractivity (Wildman–Crippen MR) is 103 cm³/mol. The Morgan fingerprint density at radius 3 is 2.44 bits per heavy atom. The summed E-state index contributed by atoms with van der Waals surface area (Å²) in [7, 11) is -1.90. The van der Waals surface area contributed by atoms with Crippen LogP contribution < -0.4 is 0 Å². The predicted octanol–water partition coefficient (Wildman–Crippen LogP) is 3.68. The molecule has 0 radical (unpaired) electrons. The van der Waals surface area contributed by atoms with Crippen LogP contribution in [0.1, 0.15) is 54.8 Å². The van der Waals surface area contributed by atoms with E-state index >= 15 is 0 Å². The maximum atomic E-state index is 13.0. The molecule has 1 fully saturated rings. The molecule has 1 amide bonds. The summed E-state index contributed by atoms with van der Waals surface area (Å²) < 4.78 is 32.9. The zero-order chi connectivity index (χ0) is 19.4. The first-order valence-electron chi connectivity index (χ1n) is 9.32. The first-order chi connectivity index (χ1) is 12.9.